The minimum absolute atomic E-state index is 0. The van der Waals surface area contributed by atoms with E-state index in [1.165, 1.54) is 24.0 Å². The van der Waals surface area contributed by atoms with Crippen molar-refractivity contribution >= 4 is 12.1 Å². The van der Waals surface area contributed by atoms with Gasteiger partial charge in [0.05, 0.1) is 13.2 Å². The SMILES string of the molecule is C.C=C(C)C(=O)CCC(C)COc1ccc(C(C)(C)c2ccc(OCCCCC)cc2)cc1.C=C(C)C=O. The number of ether oxygens (including phenoxy) is 2. The van der Waals surface area contributed by atoms with Crippen molar-refractivity contribution in [2.24, 2.45) is 5.92 Å². The van der Waals surface area contributed by atoms with Gasteiger partial charge in [0.2, 0.25) is 0 Å². The van der Waals surface area contributed by atoms with Crippen LogP contribution in [0.25, 0.3) is 0 Å². The highest BCUT2D eigenvalue weighted by atomic mass is 16.5. The van der Waals surface area contributed by atoms with E-state index in [0.29, 0.717) is 30.1 Å². The summed E-state index contributed by atoms with van der Waals surface area (Å²) in [7, 11) is 0. The molecule has 210 valence electrons. The summed E-state index contributed by atoms with van der Waals surface area (Å²) < 4.78 is 11.8. The number of benzene rings is 2. The van der Waals surface area contributed by atoms with Crippen molar-refractivity contribution in [3.05, 3.63) is 84.0 Å². The zero-order valence-electron chi connectivity index (χ0n) is 23.8. The van der Waals surface area contributed by atoms with Crippen LogP contribution in [-0.2, 0) is 15.0 Å². The fourth-order valence-electron chi connectivity index (χ4n) is 3.56. The Balaban J connectivity index is 0.00000208. The maximum absolute atomic E-state index is 11.7. The van der Waals surface area contributed by atoms with Crippen LogP contribution < -0.4 is 9.47 Å². The molecule has 0 aliphatic carbocycles. The molecule has 0 saturated heterocycles. The van der Waals surface area contributed by atoms with Gasteiger partial charge in [-0.2, -0.15) is 0 Å². The molecule has 0 aliphatic heterocycles. The molecule has 0 fully saturated rings. The van der Waals surface area contributed by atoms with E-state index in [1.54, 1.807) is 13.8 Å². The van der Waals surface area contributed by atoms with E-state index in [-0.39, 0.29) is 18.6 Å². The van der Waals surface area contributed by atoms with Crippen LogP contribution in [-0.4, -0.2) is 25.3 Å². The first-order valence-electron chi connectivity index (χ1n) is 13.3. The standard InChI is InChI=1S/C29H40O3.C4H6O.CH4/c1-7-8-9-20-31-26-15-11-24(12-16-26)29(5,6)25-13-17-27(18-14-25)32-21-23(4)10-19-28(30)22(2)3;1-4(2)3-5;/h11-18,23H,2,7-10,19-21H2,1,3-6H3;3H,1H2,2H3;1H4. The number of hydrogen-bond donors (Lipinski definition) is 0. The second-order valence-electron chi connectivity index (χ2n) is 10.4. The summed E-state index contributed by atoms with van der Waals surface area (Å²) in [4.78, 5) is 21.1. The molecule has 38 heavy (non-hydrogen) atoms. The Labute approximate surface area is 232 Å². The van der Waals surface area contributed by atoms with Gasteiger partial charge in [0.1, 0.15) is 17.8 Å². The molecule has 0 radical (unpaired) electrons. The first kappa shape index (κ1) is 34.9. The number of carbonyl (C=O) groups excluding carboxylic acids is 2. The highest BCUT2D eigenvalue weighted by Gasteiger charge is 2.23. The van der Waals surface area contributed by atoms with Gasteiger partial charge in [0.25, 0.3) is 0 Å². The third kappa shape index (κ3) is 12.9. The largest absolute Gasteiger partial charge is 0.494 e. The van der Waals surface area contributed by atoms with E-state index in [9.17, 15) is 9.59 Å². The Bertz CT molecular complexity index is 984. The van der Waals surface area contributed by atoms with Crippen molar-refractivity contribution < 1.29 is 19.1 Å². The van der Waals surface area contributed by atoms with E-state index < -0.39 is 0 Å². The van der Waals surface area contributed by atoms with Crippen LogP contribution in [0, 0.1) is 5.92 Å². The molecule has 4 heteroatoms. The van der Waals surface area contributed by atoms with Crippen LogP contribution in [0.4, 0.5) is 0 Å². The molecule has 0 aliphatic rings. The van der Waals surface area contributed by atoms with Crippen molar-refractivity contribution in [2.75, 3.05) is 13.2 Å². The summed E-state index contributed by atoms with van der Waals surface area (Å²) in [6.45, 7) is 20.6. The summed E-state index contributed by atoms with van der Waals surface area (Å²) in [6, 6.07) is 16.8. The number of aldehydes is 1. The molecule has 2 aromatic rings. The van der Waals surface area contributed by atoms with E-state index in [4.69, 9.17) is 9.47 Å². The molecule has 0 aromatic heterocycles. The summed E-state index contributed by atoms with van der Waals surface area (Å²) in [5.74, 6) is 2.25. The predicted octanol–water partition coefficient (Wildman–Crippen LogP) is 8.92. The van der Waals surface area contributed by atoms with Gasteiger partial charge in [-0.1, -0.05) is 85.4 Å². The number of unbranched alkanes of at least 4 members (excludes halogenated alkanes) is 2. The molecule has 2 aromatic carbocycles. The van der Waals surface area contributed by atoms with Crippen molar-refractivity contribution in [1.82, 2.24) is 0 Å². The molecule has 0 bridgehead atoms. The van der Waals surface area contributed by atoms with Gasteiger partial charge in [-0.3, -0.25) is 9.59 Å². The Morgan fingerprint density at radius 1 is 0.921 bits per heavy atom. The third-order valence-corrected chi connectivity index (χ3v) is 6.24. The molecule has 1 unspecified atom stereocenters. The van der Waals surface area contributed by atoms with Gasteiger partial charge in [-0.05, 0) is 79.1 Å². The lowest BCUT2D eigenvalue weighted by atomic mass is 9.78. The molecule has 2 rings (SSSR count). The first-order chi connectivity index (χ1) is 17.5. The Morgan fingerprint density at radius 2 is 1.39 bits per heavy atom. The van der Waals surface area contributed by atoms with Crippen molar-refractivity contribution in [1.29, 1.82) is 0 Å². The van der Waals surface area contributed by atoms with E-state index >= 15 is 0 Å². The molecule has 1 atom stereocenters. The van der Waals surface area contributed by atoms with Crippen LogP contribution in [0.5, 0.6) is 11.5 Å². The zero-order chi connectivity index (χ0) is 27.8. The minimum Gasteiger partial charge on any atom is -0.494 e. The molecular formula is C34H50O4. The Morgan fingerprint density at radius 3 is 1.82 bits per heavy atom. The monoisotopic (exact) mass is 522 g/mol. The fraction of sp³-hybridized carbons (Fsp3) is 0.471. The van der Waals surface area contributed by atoms with Crippen LogP contribution in [0.3, 0.4) is 0 Å². The van der Waals surface area contributed by atoms with Crippen LogP contribution in [0.15, 0.2) is 72.8 Å². The average Bonchev–Trinajstić information content (AvgIpc) is 2.89. The maximum atomic E-state index is 11.7. The van der Waals surface area contributed by atoms with Gasteiger partial charge in [-0.15, -0.1) is 0 Å². The van der Waals surface area contributed by atoms with E-state index in [2.05, 4.69) is 77.3 Å². The minimum atomic E-state index is -0.116. The number of Topliss-reactive ketones (excluding diaryl/α,β-unsaturated/α-hetero) is 1. The highest BCUT2D eigenvalue weighted by molar-refractivity contribution is 5.94. The molecule has 4 nitrogen and oxygen atoms in total. The molecule has 0 amide bonds. The van der Waals surface area contributed by atoms with Crippen molar-refractivity contribution in [2.45, 2.75) is 86.5 Å². The second-order valence-corrected chi connectivity index (χ2v) is 10.4. The second kappa shape index (κ2) is 18.2. The highest BCUT2D eigenvalue weighted by Crippen LogP contribution is 2.33. The normalized spacial score (nSPS) is 11.2. The van der Waals surface area contributed by atoms with Gasteiger partial charge in [0, 0.05) is 11.8 Å². The summed E-state index contributed by atoms with van der Waals surface area (Å²) in [5.41, 5.74) is 3.58. The number of rotatable bonds is 15. The summed E-state index contributed by atoms with van der Waals surface area (Å²) in [6.07, 6.45) is 5.59. The lowest BCUT2D eigenvalue weighted by molar-refractivity contribution is -0.115. The van der Waals surface area contributed by atoms with E-state index in [0.717, 1.165) is 37.2 Å². The maximum Gasteiger partial charge on any atom is 0.158 e. The quantitative estimate of drug-likeness (QED) is 0.133. The van der Waals surface area contributed by atoms with E-state index in [1.807, 2.05) is 12.1 Å². The molecular weight excluding hydrogens is 472 g/mol. The number of carbonyl (C=O) groups is 2. The van der Waals surface area contributed by atoms with Crippen LogP contribution in [0.1, 0.15) is 92.2 Å². The topological polar surface area (TPSA) is 52.6 Å². The van der Waals surface area contributed by atoms with Gasteiger partial charge in [-0.25, -0.2) is 0 Å². The third-order valence-electron chi connectivity index (χ3n) is 6.24. The van der Waals surface area contributed by atoms with Crippen molar-refractivity contribution in [3.63, 3.8) is 0 Å². The summed E-state index contributed by atoms with van der Waals surface area (Å²) in [5, 5.41) is 0. The molecule has 0 spiro atoms. The van der Waals surface area contributed by atoms with Gasteiger partial charge >= 0.3 is 0 Å². The number of hydrogen-bond acceptors (Lipinski definition) is 4. The molecule has 0 saturated carbocycles. The number of ketones is 1. The van der Waals surface area contributed by atoms with Gasteiger partial charge < -0.3 is 9.47 Å². The Hall–Kier alpha value is -3.14. The molecule has 0 heterocycles. The average molecular weight is 523 g/mol. The van der Waals surface area contributed by atoms with Crippen LogP contribution >= 0.6 is 0 Å². The molecule has 0 N–H and O–H groups in total. The number of allylic oxidation sites excluding steroid dienone is 2. The Kier molecular flexibility index (Phi) is 16.7. The zero-order valence-corrected chi connectivity index (χ0v) is 23.8. The predicted molar refractivity (Wildman–Crippen MR) is 161 cm³/mol. The van der Waals surface area contributed by atoms with Crippen LogP contribution in [0.2, 0.25) is 0 Å². The smallest absolute Gasteiger partial charge is 0.158 e. The lowest BCUT2D eigenvalue weighted by Gasteiger charge is -2.26. The fourth-order valence-corrected chi connectivity index (χ4v) is 3.56. The van der Waals surface area contributed by atoms with Crippen molar-refractivity contribution in [3.8, 4) is 11.5 Å². The van der Waals surface area contributed by atoms with Gasteiger partial charge in [0.15, 0.2) is 5.78 Å². The summed E-state index contributed by atoms with van der Waals surface area (Å²) >= 11 is 0. The lowest BCUT2D eigenvalue weighted by Crippen LogP contribution is -2.18. The first-order valence-corrected chi connectivity index (χ1v) is 13.3.